The number of carbonyl (C=O) groups excluding carboxylic acids is 1. The summed E-state index contributed by atoms with van der Waals surface area (Å²) in [6.07, 6.45) is 1.59. The highest BCUT2D eigenvalue weighted by molar-refractivity contribution is 5.74. The van der Waals surface area contributed by atoms with Crippen molar-refractivity contribution in [2.45, 2.75) is 32.8 Å². The van der Waals surface area contributed by atoms with Gasteiger partial charge in [0.1, 0.15) is 29.2 Å². The Hall–Kier alpha value is -3.34. The molecule has 0 saturated heterocycles. The Kier molecular flexibility index (Phi) is 5.94. The number of esters is 1. The Bertz CT molecular complexity index is 1090. The van der Waals surface area contributed by atoms with Gasteiger partial charge in [-0.15, -0.1) is 0 Å². The van der Waals surface area contributed by atoms with Gasteiger partial charge in [0.15, 0.2) is 0 Å². The number of carbonyl (C=O) groups is 1. The minimum Gasteiger partial charge on any atom is -0.497 e. The summed E-state index contributed by atoms with van der Waals surface area (Å²) in [6.45, 7) is 3.60. The molecule has 0 spiro atoms. The third-order valence-electron chi connectivity index (χ3n) is 5.44. The van der Waals surface area contributed by atoms with Crippen molar-refractivity contribution in [3.05, 3.63) is 77.6 Å². The van der Waals surface area contributed by atoms with Gasteiger partial charge in [0.05, 0.1) is 13.0 Å². The van der Waals surface area contributed by atoms with E-state index in [2.05, 4.69) is 0 Å². The molecule has 3 aromatic carbocycles. The molecule has 31 heavy (non-hydrogen) atoms. The molecule has 160 valence electrons. The van der Waals surface area contributed by atoms with Crippen LogP contribution in [-0.4, -0.2) is 13.1 Å². The van der Waals surface area contributed by atoms with Crippen molar-refractivity contribution in [3.8, 4) is 28.4 Å². The number of ether oxygens (including phenoxy) is 3. The van der Waals surface area contributed by atoms with Gasteiger partial charge in [-0.3, -0.25) is 4.79 Å². The molecule has 1 atom stereocenters. The largest absolute Gasteiger partial charge is 0.497 e. The number of methoxy groups -OCH3 is 1. The molecule has 1 heterocycles. The zero-order chi connectivity index (χ0) is 22.0. The van der Waals surface area contributed by atoms with Crippen molar-refractivity contribution < 1.29 is 23.4 Å². The van der Waals surface area contributed by atoms with E-state index in [0.717, 1.165) is 35.3 Å². The third-order valence-corrected chi connectivity index (χ3v) is 5.44. The fourth-order valence-corrected chi connectivity index (χ4v) is 3.61. The Morgan fingerprint density at radius 2 is 1.77 bits per heavy atom. The smallest absolute Gasteiger partial charge is 0.313 e. The van der Waals surface area contributed by atoms with Crippen LogP contribution in [0, 0.1) is 11.7 Å². The molecule has 0 radical (unpaired) electrons. The van der Waals surface area contributed by atoms with Crippen LogP contribution in [0.1, 0.15) is 37.5 Å². The van der Waals surface area contributed by atoms with Gasteiger partial charge in [-0.2, -0.15) is 0 Å². The van der Waals surface area contributed by atoms with E-state index in [1.54, 1.807) is 45.2 Å². The summed E-state index contributed by atoms with van der Waals surface area (Å²) in [5.74, 6) is 1.07. The number of hydrogen-bond donors (Lipinski definition) is 0. The summed E-state index contributed by atoms with van der Waals surface area (Å²) in [4.78, 5) is 11.9. The van der Waals surface area contributed by atoms with E-state index in [0.29, 0.717) is 17.1 Å². The normalized spacial score (nSPS) is 15.2. The Labute approximate surface area is 181 Å². The fraction of sp³-hybridized carbons (Fsp3) is 0.269. The van der Waals surface area contributed by atoms with Gasteiger partial charge in [-0.1, -0.05) is 44.2 Å². The molecular formula is C26H25FO4. The second kappa shape index (κ2) is 8.80. The van der Waals surface area contributed by atoms with Crippen LogP contribution in [0.2, 0.25) is 0 Å². The molecule has 4 nitrogen and oxygen atoms in total. The summed E-state index contributed by atoms with van der Waals surface area (Å²) in [6, 6.07) is 18.0. The molecule has 3 aromatic rings. The summed E-state index contributed by atoms with van der Waals surface area (Å²) in [7, 11) is 1.56. The maximum absolute atomic E-state index is 14.3. The van der Waals surface area contributed by atoms with Crippen LogP contribution in [0.3, 0.4) is 0 Å². The maximum Gasteiger partial charge on any atom is 0.313 e. The van der Waals surface area contributed by atoms with Gasteiger partial charge < -0.3 is 14.2 Å². The van der Waals surface area contributed by atoms with E-state index in [1.807, 2.05) is 30.3 Å². The van der Waals surface area contributed by atoms with Crippen molar-refractivity contribution in [1.82, 2.24) is 0 Å². The molecule has 5 heteroatoms. The van der Waals surface area contributed by atoms with Gasteiger partial charge in [-0.25, -0.2) is 4.39 Å². The van der Waals surface area contributed by atoms with Crippen LogP contribution in [0.15, 0.2) is 60.7 Å². The van der Waals surface area contributed by atoms with E-state index in [1.165, 1.54) is 6.07 Å². The van der Waals surface area contributed by atoms with E-state index in [-0.39, 0.29) is 23.8 Å². The van der Waals surface area contributed by atoms with E-state index in [9.17, 15) is 9.18 Å². The highest BCUT2D eigenvalue weighted by atomic mass is 19.1. The molecule has 1 aliphatic rings. The molecule has 0 aliphatic carbocycles. The van der Waals surface area contributed by atoms with Crippen LogP contribution >= 0.6 is 0 Å². The predicted molar refractivity (Wildman–Crippen MR) is 117 cm³/mol. The second-order valence-corrected chi connectivity index (χ2v) is 7.96. The average Bonchev–Trinajstić information content (AvgIpc) is 2.79. The topological polar surface area (TPSA) is 44.8 Å². The molecule has 0 aromatic heterocycles. The molecule has 1 aliphatic heterocycles. The lowest BCUT2D eigenvalue weighted by Crippen LogP contribution is -2.17. The molecule has 0 bridgehead atoms. The van der Waals surface area contributed by atoms with Gasteiger partial charge in [-0.05, 0) is 53.8 Å². The SMILES string of the molecule is COc1ccc(F)c(-c2ccc(C3CCc4ccc(OC(=O)C(C)C)cc4O3)cc2)c1. The predicted octanol–water partition coefficient (Wildman–Crippen LogP) is 6.13. The zero-order valence-electron chi connectivity index (χ0n) is 17.9. The molecule has 0 saturated carbocycles. The Morgan fingerprint density at radius 3 is 2.48 bits per heavy atom. The highest BCUT2D eigenvalue weighted by Gasteiger charge is 2.23. The first kappa shape index (κ1) is 20.9. The molecule has 4 rings (SSSR count). The Morgan fingerprint density at radius 1 is 1.03 bits per heavy atom. The van der Waals surface area contributed by atoms with Crippen LogP contribution in [0.4, 0.5) is 4.39 Å². The number of hydrogen-bond acceptors (Lipinski definition) is 4. The Balaban J connectivity index is 1.52. The summed E-state index contributed by atoms with van der Waals surface area (Å²) in [5, 5.41) is 0. The highest BCUT2D eigenvalue weighted by Crippen LogP contribution is 2.38. The summed E-state index contributed by atoms with van der Waals surface area (Å²) >= 11 is 0. The summed E-state index contributed by atoms with van der Waals surface area (Å²) in [5.41, 5.74) is 3.38. The molecule has 0 fully saturated rings. The van der Waals surface area contributed by atoms with E-state index in [4.69, 9.17) is 14.2 Å². The molecule has 0 amide bonds. The number of fused-ring (bicyclic) bond motifs is 1. The van der Waals surface area contributed by atoms with E-state index >= 15 is 0 Å². The first-order valence-corrected chi connectivity index (χ1v) is 10.4. The lowest BCUT2D eigenvalue weighted by Gasteiger charge is -2.27. The molecule has 0 N–H and O–H groups in total. The molecule has 1 unspecified atom stereocenters. The van der Waals surface area contributed by atoms with Gasteiger partial charge in [0.25, 0.3) is 0 Å². The van der Waals surface area contributed by atoms with Crippen LogP contribution in [0.5, 0.6) is 17.2 Å². The second-order valence-electron chi connectivity index (χ2n) is 7.96. The standard InChI is InChI=1S/C26H25FO4/c1-16(2)26(28)30-21-10-8-19-9-13-24(31-25(19)15-21)18-6-4-17(5-7-18)22-14-20(29-3)11-12-23(22)27/h4-8,10-12,14-16,24H,9,13H2,1-3H3. The van der Waals surface area contributed by atoms with Gasteiger partial charge in [0.2, 0.25) is 0 Å². The van der Waals surface area contributed by atoms with Crippen LogP contribution in [0.25, 0.3) is 11.1 Å². The zero-order valence-corrected chi connectivity index (χ0v) is 17.9. The number of benzene rings is 3. The van der Waals surface area contributed by atoms with Gasteiger partial charge >= 0.3 is 5.97 Å². The molecular weight excluding hydrogens is 395 g/mol. The van der Waals surface area contributed by atoms with E-state index < -0.39 is 0 Å². The van der Waals surface area contributed by atoms with Crippen molar-refractivity contribution >= 4 is 5.97 Å². The van der Waals surface area contributed by atoms with Crippen LogP contribution < -0.4 is 14.2 Å². The van der Waals surface area contributed by atoms with Crippen LogP contribution in [-0.2, 0) is 11.2 Å². The quantitative estimate of drug-likeness (QED) is 0.368. The minimum absolute atomic E-state index is 0.118. The minimum atomic E-state index is -0.292. The lowest BCUT2D eigenvalue weighted by molar-refractivity contribution is -0.137. The first-order valence-electron chi connectivity index (χ1n) is 10.4. The number of halogens is 1. The van der Waals surface area contributed by atoms with Crippen molar-refractivity contribution in [2.75, 3.05) is 7.11 Å². The number of rotatable bonds is 5. The maximum atomic E-state index is 14.3. The first-order chi connectivity index (χ1) is 14.9. The van der Waals surface area contributed by atoms with Crippen molar-refractivity contribution in [2.24, 2.45) is 5.92 Å². The third kappa shape index (κ3) is 4.55. The fourth-order valence-electron chi connectivity index (χ4n) is 3.61. The average molecular weight is 420 g/mol. The summed E-state index contributed by atoms with van der Waals surface area (Å²) < 4.78 is 31.1. The van der Waals surface area contributed by atoms with Crippen molar-refractivity contribution in [3.63, 3.8) is 0 Å². The van der Waals surface area contributed by atoms with Gasteiger partial charge in [0, 0.05) is 11.6 Å². The number of aryl methyl sites for hydroxylation is 1. The monoisotopic (exact) mass is 420 g/mol. The van der Waals surface area contributed by atoms with Crippen molar-refractivity contribution in [1.29, 1.82) is 0 Å². The lowest BCUT2D eigenvalue weighted by atomic mass is 9.95.